The Hall–Kier alpha value is -3.63. The zero-order valence-corrected chi connectivity index (χ0v) is 18.5. The molecule has 0 atom stereocenters. The van der Waals surface area contributed by atoms with Gasteiger partial charge in [-0.3, -0.25) is 4.79 Å². The average molecular weight is 463 g/mol. The fourth-order valence-electron chi connectivity index (χ4n) is 4.06. The molecule has 9 nitrogen and oxygen atoms in total. The van der Waals surface area contributed by atoms with Crippen molar-refractivity contribution in [2.24, 2.45) is 5.92 Å². The van der Waals surface area contributed by atoms with Crippen LogP contribution in [0.5, 0.6) is 0 Å². The van der Waals surface area contributed by atoms with E-state index in [-0.39, 0.29) is 29.8 Å². The zero-order chi connectivity index (χ0) is 22.8. The zero-order valence-electron chi connectivity index (χ0n) is 17.7. The number of amides is 1. The first-order valence-corrected chi connectivity index (χ1v) is 12.1. The largest absolute Gasteiger partial charge is 0.323 e. The molecular formula is C23H22N6O3S. The van der Waals surface area contributed by atoms with Crippen LogP contribution in [0.3, 0.4) is 0 Å². The number of carbonyl (C=O) groups is 1. The molecule has 0 unspecified atom stereocenters. The van der Waals surface area contributed by atoms with E-state index in [1.165, 1.54) is 21.6 Å². The number of benzene rings is 2. The van der Waals surface area contributed by atoms with E-state index >= 15 is 0 Å². The smallest absolute Gasteiger partial charge is 0.243 e. The van der Waals surface area contributed by atoms with Crippen molar-refractivity contribution in [1.82, 2.24) is 24.1 Å². The van der Waals surface area contributed by atoms with E-state index < -0.39 is 10.0 Å². The van der Waals surface area contributed by atoms with Crippen LogP contribution in [0.15, 0.2) is 78.3 Å². The number of piperidine rings is 1. The Morgan fingerprint density at radius 2 is 1.79 bits per heavy atom. The van der Waals surface area contributed by atoms with Gasteiger partial charge in [0.15, 0.2) is 5.82 Å². The fourth-order valence-corrected chi connectivity index (χ4v) is 5.57. The maximum Gasteiger partial charge on any atom is 0.243 e. The van der Waals surface area contributed by atoms with E-state index in [1.807, 2.05) is 30.3 Å². The van der Waals surface area contributed by atoms with Crippen LogP contribution in [-0.4, -0.2) is 51.5 Å². The molecule has 10 heteroatoms. The minimum atomic E-state index is -3.62. The summed E-state index contributed by atoms with van der Waals surface area (Å²) in [5.74, 6) is 0.0173. The quantitative estimate of drug-likeness (QED) is 0.488. The molecule has 2 aromatic carbocycles. The summed E-state index contributed by atoms with van der Waals surface area (Å²) in [6.45, 7) is 0.576. The molecule has 1 amide bonds. The van der Waals surface area contributed by atoms with Crippen molar-refractivity contribution in [1.29, 1.82) is 0 Å². The van der Waals surface area contributed by atoms with Crippen molar-refractivity contribution in [2.45, 2.75) is 17.7 Å². The van der Waals surface area contributed by atoms with E-state index in [0.717, 1.165) is 10.8 Å². The predicted molar refractivity (Wildman–Crippen MR) is 123 cm³/mol. The van der Waals surface area contributed by atoms with Gasteiger partial charge in [0.25, 0.3) is 0 Å². The van der Waals surface area contributed by atoms with Gasteiger partial charge in [0.05, 0.1) is 10.6 Å². The summed E-state index contributed by atoms with van der Waals surface area (Å²) in [5, 5.41) is 8.86. The molecule has 2 aromatic heterocycles. The number of pyridine rings is 1. The Bertz CT molecular complexity index is 1400. The molecule has 0 radical (unpaired) electrons. The summed E-state index contributed by atoms with van der Waals surface area (Å²) in [4.78, 5) is 21.4. The highest BCUT2D eigenvalue weighted by Gasteiger charge is 2.32. The summed E-state index contributed by atoms with van der Waals surface area (Å²) in [7, 11) is -3.62. The molecule has 33 heavy (non-hydrogen) atoms. The molecule has 0 saturated carbocycles. The second kappa shape index (κ2) is 8.72. The van der Waals surface area contributed by atoms with Gasteiger partial charge in [0, 0.05) is 25.2 Å². The molecule has 1 aliphatic heterocycles. The van der Waals surface area contributed by atoms with Crippen molar-refractivity contribution in [3.63, 3.8) is 0 Å². The highest BCUT2D eigenvalue weighted by atomic mass is 32.2. The summed E-state index contributed by atoms with van der Waals surface area (Å²) >= 11 is 0. The summed E-state index contributed by atoms with van der Waals surface area (Å²) in [6.07, 6.45) is 5.40. The van der Waals surface area contributed by atoms with Gasteiger partial charge in [-0.25, -0.2) is 23.1 Å². The van der Waals surface area contributed by atoms with Crippen LogP contribution >= 0.6 is 0 Å². The van der Waals surface area contributed by atoms with Gasteiger partial charge in [0.2, 0.25) is 15.9 Å². The predicted octanol–water partition coefficient (Wildman–Crippen LogP) is 2.85. The summed E-state index contributed by atoms with van der Waals surface area (Å²) < 4.78 is 29.3. The van der Waals surface area contributed by atoms with Crippen LogP contribution in [0, 0.1) is 5.92 Å². The first-order chi connectivity index (χ1) is 16.0. The Balaban J connectivity index is 1.27. The van der Waals surface area contributed by atoms with Gasteiger partial charge in [-0.15, -0.1) is 0 Å². The average Bonchev–Trinajstić information content (AvgIpc) is 3.39. The Kier molecular flexibility index (Phi) is 5.61. The van der Waals surface area contributed by atoms with Crippen molar-refractivity contribution in [3.8, 4) is 5.82 Å². The molecule has 168 valence electrons. The molecular weight excluding hydrogens is 440 g/mol. The number of hydrogen-bond acceptors (Lipinski definition) is 6. The summed E-state index contributed by atoms with van der Waals surface area (Å²) in [5.41, 5.74) is 0.527. The molecule has 0 bridgehead atoms. The number of rotatable bonds is 5. The van der Waals surface area contributed by atoms with Crippen LogP contribution in [-0.2, 0) is 14.8 Å². The van der Waals surface area contributed by atoms with Crippen molar-refractivity contribution in [2.75, 3.05) is 18.4 Å². The third kappa shape index (κ3) is 4.22. The lowest BCUT2D eigenvalue weighted by molar-refractivity contribution is -0.120. The molecule has 1 saturated heterocycles. The van der Waals surface area contributed by atoms with Crippen LogP contribution in [0.2, 0.25) is 0 Å². The van der Waals surface area contributed by atoms with E-state index in [9.17, 15) is 13.2 Å². The number of fused-ring (bicyclic) bond motifs is 1. The lowest BCUT2D eigenvalue weighted by atomic mass is 9.97. The minimum Gasteiger partial charge on any atom is -0.323 e. The monoisotopic (exact) mass is 462 g/mol. The molecule has 1 fully saturated rings. The Labute approximate surface area is 191 Å². The van der Waals surface area contributed by atoms with Crippen molar-refractivity contribution < 1.29 is 13.2 Å². The van der Waals surface area contributed by atoms with Crippen molar-refractivity contribution >= 4 is 32.4 Å². The minimum absolute atomic E-state index is 0.160. The highest BCUT2D eigenvalue weighted by Crippen LogP contribution is 2.27. The molecule has 0 aliphatic carbocycles. The molecule has 3 heterocycles. The third-order valence-electron chi connectivity index (χ3n) is 5.86. The van der Waals surface area contributed by atoms with Gasteiger partial charge in [-0.05, 0) is 47.9 Å². The van der Waals surface area contributed by atoms with Crippen LogP contribution in [0.1, 0.15) is 12.8 Å². The summed E-state index contributed by atoms with van der Waals surface area (Å²) in [6, 6.07) is 16.3. The van der Waals surface area contributed by atoms with E-state index in [1.54, 1.807) is 30.5 Å². The van der Waals surface area contributed by atoms with Crippen LogP contribution in [0.4, 0.5) is 5.69 Å². The molecule has 4 aromatic rings. The molecule has 5 rings (SSSR count). The third-order valence-corrected chi connectivity index (χ3v) is 7.76. The van der Waals surface area contributed by atoms with Crippen LogP contribution < -0.4 is 5.32 Å². The van der Waals surface area contributed by atoms with E-state index in [2.05, 4.69) is 20.4 Å². The van der Waals surface area contributed by atoms with Gasteiger partial charge < -0.3 is 5.32 Å². The van der Waals surface area contributed by atoms with E-state index in [0.29, 0.717) is 24.3 Å². The Morgan fingerprint density at radius 3 is 2.55 bits per heavy atom. The number of aromatic nitrogens is 4. The van der Waals surface area contributed by atoms with Crippen LogP contribution in [0.25, 0.3) is 16.6 Å². The standard InChI is InChI=1S/C23H22N6O3S/c30-23(27-21-6-3-11-25-22(21)29-16-24-15-26-29)18-9-12-28(13-10-18)33(31,32)20-8-7-17-4-1-2-5-19(17)14-20/h1-8,11,14-16,18H,9-10,12-13H2,(H,27,30). The number of anilines is 1. The van der Waals surface area contributed by atoms with Crippen molar-refractivity contribution in [3.05, 3.63) is 73.4 Å². The molecule has 1 aliphatic rings. The topological polar surface area (TPSA) is 110 Å². The van der Waals surface area contributed by atoms with Gasteiger partial charge in [-0.1, -0.05) is 30.3 Å². The molecule has 0 spiro atoms. The number of hydrogen-bond donors (Lipinski definition) is 1. The number of carbonyl (C=O) groups excluding carboxylic acids is 1. The highest BCUT2D eigenvalue weighted by molar-refractivity contribution is 7.89. The lowest BCUT2D eigenvalue weighted by Gasteiger charge is -2.30. The van der Waals surface area contributed by atoms with E-state index in [4.69, 9.17) is 0 Å². The van der Waals surface area contributed by atoms with Gasteiger partial charge in [-0.2, -0.15) is 9.40 Å². The Morgan fingerprint density at radius 1 is 1.00 bits per heavy atom. The SMILES string of the molecule is O=C(Nc1cccnc1-n1cncn1)C1CCN(S(=O)(=O)c2ccc3ccccc3c2)CC1. The van der Waals surface area contributed by atoms with Gasteiger partial charge in [0.1, 0.15) is 12.7 Å². The second-order valence-electron chi connectivity index (χ2n) is 7.89. The maximum absolute atomic E-state index is 13.2. The first-order valence-electron chi connectivity index (χ1n) is 10.6. The first kappa shape index (κ1) is 21.2. The lowest BCUT2D eigenvalue weighted by Crippen LogP contribution is -2.41. The maximum atomic E-state index is 13.2. The number of nitrogens with zero attached hydrogens (tertiary/aromatic N) is 5. The number of sulfonamides is 1. The second-order valence-corrected chi connectivity index (χ2v) is 9.83. The normalized spacial score (nSPS) is 15.5. The van der Waals surface area contributed by atoms with Gasteiger partial charge >= 0.3 is 0 Å². The fraction of sp³-hybridized carbons (Fsp3) is 0.217. The number of nitrogens with one attached hydrogen (secondary N) is 1. The molecule has 1 N–H and O–H groups in total.